The van der Waals surface area contributed by atoms with Crippen LogP contribution in [-0.2, 0) is 0 Å². The van der Waals surface area contributed by atoms with Gasteiger partial charge in [-0.15, -0.1) is 22.7 Å². The first kappa shape index (κ1) is 10.6. The summed E-state index contributed by atoms with van der Waals surface area (Å²) in [6.07, 6.45) is 4.03. The topological polar surface area (TPSA) is 17.3 Å². The fourth-order valence-electron chi connectivity index (χ4n) is 1.56. The first-order chi connectivity index (χ1) is 7.63. The maximum Gasteiger partial charge on any atom is 0.194 e. The van der Waals surface area contributed by atoms with E-state index in [-0.39, 0.29) is 0 Å². The predicted octanol–water partition coefficient (Wildman–Crippen LogP) is 4.74. The molecule has 16 heavy (non-hydrogen) atoms. The van der Waals surface area contributed by atoms with Crippen LogP contribution in [0.2, 0.25) is 8.67 Å². The van der Waals surface area contributed by atoms with Crippen molar-refractivity contribution >= 4 is 50.8 Å². The highest BCUT2D eigenvalue weighted by Gasteiger charge is 2.12. The van der Waals surface area contributed by atoms with Gasteiger partial charge in [-0.2, -0.15) is 0 Å². The molecule has 0 aliphatic heterocycles. The molecule has 6 heteroatoms. The van der Waals surface area contributed by atoms with E-state index in [0.29, 0.717) is 8.67 Å². The molecule has 0 aromatic carbocycles. The number of fused-ring (bicyclic) bond motifs is 1. The van der Waals surface area contributed by atoms with Crippen molar-refractivity contribution in [2.45, 2.75) is 6.92 Å². The van der Waals surface area contributed by atoms with E-state index in [1.165, 1.54) is 16.2 Å². The third-order valence-electron chi connectivity index (χ3n) is 2.20. The first-order valence-electron chi connectivity index (χ1n) is 4.54. The molecule has 2 nitrogen and oxygen atoms in total. The van der Waals surface area contributed by atoms with Gasteiger partial charge in [0.05, 0.1) is 10.0 Å². The summed E-state index contributed by atoms with van der Waals surface area (Å²) in [7, 11) is 0. The summed E-state index contributed by atoms with van der Waals surface area (Å²) in [4.78, 5) is 6.74. The highest BCUT2D eigenvalue weighted by molar-refractivity contribution is 7.20. The van der Waals surface area contributed by atoms with Crippen molar-refractivity contribution in [3.63, 3.8) is 0 Å². The Morgan fingerprint density at radius 3 is 2.69 bits per heavy atom. The van der Waals surface area contributed by atoms with E-state index in [0.717, 1.165) is 16.2 Å². The molecule has 0 atom stereocenters. The van der Waals surface area contributed by atoms with Crippen molar-refractivity contribution in [2.24, 2.45) is 0 Å². The molecule has 3 aromatic rings. The van der Waals surface area contributed by atoms with E-state index in [1.54, 1.807) is 11.3 Å². The summed E-state index contributed by atoms with van der Waals surface area (Å²) in [5.41, 5.74) is 1.78. The van der Waals surface area contributed by atoms with Crippen molar-refractivity contribution in [3.8, 4) is 11.3 Å². The van der Waals surface area contributed by atoms with Gasteiger partial charge in [0.1, 0.15) is 4.34 Å². The number of hydrogen-bond acceptors (Lipinski definition) is 3. The molecule has 0 fully saturated rings. The summed E-state index contributed by atoms with van der Waals surface area (Å²) >= 11 is 15.0. The number of thiophene rings is 1. The normalized spacial score (nSPS) is 11.4. The molecule has 3 aromatic heterocycles. The van der Waals surface area contributed by atoms with Crippen LogP contribution in [0.3, 0.4) is 0 Å². The Labute approximate surface area is 110 Å². The van der Waals surface area contributed by atoms with E-state index < -0.39 is 0 Å². The van der Waals surface area contributed by atoms with Crippen LogP contribution in [0.15, 0.2) is 18.5 Å². The molecule has 0 aliphatic rings. The van der Waals surface area contributed by atoms with Gasteiger partial charge in [0, 0.05) is 22.8 Å². The molecule has 82 valence electrons. The lowest BCUT2D eigenvalue weighted by molar-refractivity contribution is 1.22. The second-order valence-electron chi connectivity index (χ2n) is 3.40. The second kappa shape index (κ2) is 3.74. The van der Waals surface area contributed by atoms with Crippen LogP contribution >= 0.6 is 45.9 Å². The molecule has 0 N–H and O–H groups in total. The smallest absolute Gasteiger partial charge is 0.194 e. The van der Waals surface area contributed by atoms with E-state index in [4.69, 9.17) is 23.2 Å². The number of imidazole rings is 1. The third-order valence-corrected chi connectivity index (χ3v) is 4.60. The fraction of sp³-hybridized carbons (Fsp3) is 0.100. The summed E-state index contributed by atoms with van der Waals surface area (Å²) < 4.78 is 3.39. The van der Waals surface area contributed by atoms with Gasteiger partial charge < -0.3 is 0 Å². The zero-order chi connectivity index (χ0) is 11.3. The number of rotatable bonds is 1. The van der Waals surface area contributed by atoms with Crippen LogP contribution in [0.25, 0.3) is 16.2 Å². The molecular formula is C10H6Cl2N2S2. The van der Waals surface area contributed by atoms with Gasteiger partial charge in [-0.1, -0.05) is 23.2 Å². The van der Waals surface area contributed by atoms with Gasteiger partial charge in [0.25, 0.3) is 0 Å². The van der Waals surface area contributed by atoms with Crippen molar-refractivity contribution in [3.05, 3.63) is 32.0 Å². The number of halogens is 2. The van der Waals surface area contributed by atoms with Crippen molar-refractivity contribution in [1.82, 2.24) is 9.38 Å². The average molecular weight is 289 g/mol. The first-order valence-corrected chi connectivity index (χ1v) is 6.93. The molecule has 0 saturated carbocycles. The molecule has 0 unspecified atom stereocenters. The Morgan fingerprint density at radius 1 is 1.25 bits per heavy atom. The zero-order valence-electron chi connectivity index (χ0n) is 8.20. The van der Waals surface area contributed by atoms with E-state index in [1.807, 2.05) is 16.7 Å². The van der Waals surface area contributed by atoms with Crippen LogP contribution in [-0.4, -0.2) is 9.38 Å². The maximum atomic E-state index is 6.09. The number of aryl methyl sites for hydroxylation is 1. The molecule has 0 amide bonds. The van der Waals surface area contributed by atoms with Crippen LogP contribution in [0.5, 0.6) is 0 Å². The minimum Gasteiger partial charge on any atom is -0.297 e. The number of aromatic nitrogens is 2. The number of thiazole rings is 1. The molecule has 0 saturated heterocycles. The van der Waals surface area contributed by atoms with E-state index >= 15 is 0 Å². The zero-order valence-corrected chi connectivity index (χ0v) is 11.3. The molecule has 0 bridgehead atoms. The van der Waals surface area contributed by atoms with Crippen LogP contribution in [0, 0.1) is 6.92 Å². The molecule has 3 heterocycles. The Bertz CT molecular complexity index is 634. The van der Waals surface area contributed by atoms with Crippen LogP contribution in [0.1, 0.15) is 4.88 Å². The SMILES string of the molecule is Cc1cn2cc(-c3cc(Cl)sc3Cl)nc2s1. The van der Waals surface area contributed by atoms with Crippen molar-refractivity contribution in [2.75, 3.05) is 0 Å². The molecule has 0 aliphatic carbocycles. The second-order valence-corrected chi connectivity index (χ2v) is 6.89. The number of nitrogens with zero attached hydrogens (tertiary/aromatic N) is 2. The number of hydrogen-bond donors (Lipinski definition) is 0. The van der Waals surface area contributed by atoms with Gasteiger partial charge in [0.15, 0.2) is 4.96 Å². The largest absolute Gasteiger partial charge is 0.297 e. The summed E-state index contributed by atoms with van der Waals surface area (Å²) in [5, 5.41) is 0. The van der Waals surface area contributed by atoms with Crippen molar-refractivity contribution < 1.29 is 0 Å². The monoisotopic (exact) mass is 288 g/mol. The third kappa shape index (κ3) is 1.66. The van der Waals surface area contributed by atoms with Crippen LogP contribution in [0.4, 0.5) is 0 Å². The fourth-order valence-corrected chi connectivity index (χ4v) is 3.85. The highest BCUT2D eigenvalue weighted by Crippen LogP contribution is 2.38. The summed E-state index contributed by atoms with van der Waals surface area (Å²) in [5.74, 6) is 0. The minimum atomic E-state index is 0.687. The Balaban J connectivity index is 2.18. The van der Waals surface area contributed by atoms with Crippen molar-refractivity contribution in [1.29, 1.82) is 0 Å². The van der Waals surface area contributed by atoms with E-state index in [2.05, 4.69) is 18.1 Å². The van der Waals surface area contributed by atoms with Gasteiger partial charge in [0.2, 0.25) is 0 Å². The summed E-state index contributed by atoms with van der Waals surface area (Å²) in [6, 6.07) is 1.86. The van der Waals surface area contributed by atoms with Gasteiger partial charge in [-0.25, -0.2) is 4.98 Å². The lowest BCUT2D eigenvalue weighted by Crippen LogP contribution is -1.72. The summed E-state index contributed by atoms with van der Waals surface area (Å²) in [6.45, 7) is 2.06. The molecule has 3 rings (SSSR count). The minimum absolute atomic E-state index is 0.687. The highest BCUT2D eigenvalue weighted by atomic mass is 35.5. The lowest BCUT2D eigenvalue weighted by Gasteiger charge is -1.89. The van der Waals surface area contributed by atoms with Gasteiger partial charge in [-0.3, -0.25) is 4.40 Å². The molecule has 0 spiro atoms. The Hall–Kier alpha value is -0.550. The van der Waals surface area contributed by atoms with Gasteiger partial charge >= 0.3 is 0 Å². The quantitative estimate of drug-likeness (QED) is 0.632. The predicted molar refractivity (Wildman–Crippen MR) is 71.1 cm³/mol. The standard InChI is InChI=1S/C10H6Cl2N2S2/c1-5-3-14-4-7(13-10(14)15-5)6-2-8(11)16-9(6)12/h2-4H,1H3. The molecular weight excluding hydrogens is 283 g/mol. The lowest BCUT2D eigenvalue weighted by atomic mass is 10.3. The molecule has 0 radical (unpaired) electrons. The average Bonchev–Trinajstić information content (AvgIpc) is 2.78. The van der Waals surface area contributed by atoms with Crippen LogP contribution < -0.4 is 0 Å². The van der Waals surface area contributed by atoms with E-state index in [9.17, 15) is 0 Å². The maximum absolute atomic E-state index is 6.09. The van der Waals surface area contributed by atoms with Gasteiger partial charge in [-0.05, 0) is 13.0 Å². The Morgan fingerprint density at radius 2 is 2.06 bits per heavy atom. The Kier molecular flexibility index (Phi) is 2.47.